The number of rotatable bonds is 2. The third kappa shape index (κ3) is 1.87. The number of hydrogen-bond acceptors (Lipinski definition) is 3. The van der Waals surface area contributed by atoms with Gasteiger partial charge in [-0.1, -0.05) is 0 Å². The van der Waals surface area contributed by atoms with Crippen molar-refractivity contribution in [2.24, 2.45) is 5.92 Å². The van der Waals surface area contributed by atoms with Crippen molar-refractivity contribution in [2.75, 3.05) is 6.61 Å². The van der Waals surface area contributed by atoms with Gasteiger partial charge in [0.05, 0.1) is 12.2 Å². The van der Waals surface area contributed by atoms with Gasteiger partial charge in [-0.15, -0.1) is 0 Å². The van der Waals surface area contributed by atoms with Gasteiger partial charge in [-0.2, -0.15) is 0 Å². The predicted molar refractivity (Wildman–Crippen MR) is 48.3 cm³/mol. The van der Waals surface area contributed by atoms with Crippen molar-refractivity contribution >= 4 is 0 Å². The Labute approximate surface area is 79.0 Å². The van der Waals surface area contributed by atoms with Crippen LogP contribution in [0.2, 0.25) is 0 Å². The minimum atomic E-state index is -0.389. The first-order chi connectivity index (χ1) is 6.11. The van der Waals surface area contributed by atoms with Gasteiger partial charge in [0.1, 0.15) is 0 Å². The lowest BCUT2D eigenvalue weighted by Gasteiger charge is -2.20. The maximum absolute atomic E-state index is 8.81. The Morgan fingerprint density at radius 1 is 1.23 bits per heavy atom. The highest BCUT2D eigenvalue weighted by Crippen LogP contribution is 2.41. The van der Waals surface area contributed by atoms with Crippen molar-refractivity contribution in [2.45, 2.75) is 51.1 Å². The summed E-state index contributed by atoms with van der Waals surface area (Å²) in [5.74, 6) is 0.204. The van der Waals surface area contributed by atoms with Gasteiger partial charge in [-0.3, -0.25) is 0 Å². The maximum Gasteiger partial charge on any atom is 0.163 e. The summed E-state index contributed by atoms with van der Waals surface area (Å²) in [7, 11) is 0. The number of ether oxygens (including phenoxy) is 2. The minimum absolute atomic E-state index is 0.270. The van der Waals surface area contributed by atoms with Crippen LogP contribution in [0.3, 0.4) is 0 Å². The quantitative estimate of drug-likeness (QED) is 0.706. The summed E-state index contributed by atoms with van der Waals surface area (Å²) in [5.41, 5.74) is 0. The van der Waals surface area contributed by atoms with Crippen molar-refractivity contribution in [3.05, 3.63) is 0 Å². The van der Waals surface area contributed by atoms with E-state index in [4.69, 9.17) is 14.6 Å². The van der Waals surface area contributed by atoms with Gasteiger partial charge in [-0.25, -0.2) is 0 Å². The summed E-state index contributed by atoms with van der Waals surface area (Å²) in [4.78, 5) is 0. The van der Waals surface area contributed by atoms with Crippen LogP contribution < -0.4 is 0 Å². The van der Waals surface area contributed by atoms with Gasteiger partial charge >= 0.3 is 0 Å². The average Bonchev–Trinajstić information content (AvgIpc) is 2.41. The maximum atomic E-state index is 8.81. The van der Waals surface area contributed by atoms with E-state index in [2.05, 4.69) is 0 Å². The van der Waals surface area contributed by atoms with E-state index >= 15 is 0 Å². The molecule has 3 heteroatoms. The van der Waals surface area contributed by atoms with Gasteiger partial charge in [0.2, 0.25) is 0 Å². The molecule has 76 valence electrons. The summed E-state index contributed by atoms with van der Waals surface area (Å²) >= 11 is 0. The van der Waals surface area contributed by atoms with E-state index in [-0.39, 0.29) is 24.6 Å². The second-order valence-corrected chi connectivity index (χ2v) is 4.56. The lowest BCUT2D eigenvalue weighted by atomic mass is 10.0. The highest BCUT2D eigenvalue weighted by Gasteiger charge is 2.46. The molecular formula is C10H18O3. The molecular weight excluding hydrogens is 168 g/mol. The van der Waals surface area contributed by atoms with E-state index in [0.29, 0.717) is 5.92 Å². The van der Waals surface area contributed by atoms with Crippen molar-refractivity contribution in [1.82, 2.24) is 0 Å². The van der Waals surface area contributed by atoms with Crippen LogP contribution in [-0.4, -0.2) is 29.7 Å². The molecule has 1 aliphatic carbocycles. The molecule has 0 bridgehead atoms. The highest BCUT2D eigenvalue weighted by atomic mass is 16.8. The van der Waals surface area contributed by atoms with Crippen LogP contribution in [0.15, 0.2) is 0 Å². The second kappa shape index (κ2) is 3.23. The van der Waals surface area contributed by atoms with Crippen LogP contribution in [0.5, 0.6) is 0 Å². The fourth-order valence-electron chi connectivity index (χ4n) is 2.48. The van der Waals surface area contributed by atoms with Crippen molar-refractivity contribution in [1.29, 1.82) is 0 Å². The molecule has 1 unspecified atom stereocenters. The predicted octanol–water partition coefficient (Wildman–Crippen LogP) is 1.30. The fourth-order valence-corrected chi connectivity index (χ4v) is 2.48. The smallest absolute Gasteiger partial charge is 0.163 e. The molecule has 1 heterocycles. The summed E-state index contributed by atoms with van der Waals surface area (Å²) in [6, 6.07) is 0. The number of hydrogen-bond donors (Lipinski definition) is 1. The van der Waals surface area contributed by atoms with E-state index in [1.165, 1.54) is 0 Å². The van der Waals surface area contributed by atoms with Crippen LogP contribution in [0.1, 0.15) is 33.1 Å². The molecule has 0 radical (unpaired) electrons. The second-order valence-electron chi connectivity index (χ2n) is 4.56. The van der Waals surface area contributed by atoms with Crippen molar-refractivity contribution < 1.29 is 14.6 Å². The summed E-state index contributed by atoms with van der Waals surface area (Å²) < 4.78 is 11.5. The fraction of sp³-hybridized carbons (Fsp3) is 1.00. The van der Waals surface area contributed by atoms with Crippen molar-refractivity contribution in [3.8, 4) is 0 Å². The minimum Gasteiger partial charge on any atom is -0.396 e. The monoisotopic (exact) mass is 186 g/mol. The van der Waals surface area contributed by atoms with Gasteiger partial charge in [0, 0.05) is 6.61 Å². The molecule has 2 rings (SSSR count). The highest BCUT2D eigenvalue weighted by molar-refractivity contribution is 4.91. The Kier molecular flexibility index (Phi) is 2.34. The van der Waals surface area contributed by atoms with Gasteiger partial charge in [-0.05, 0) is 39.0 Å². The Hall–Kier alpha value is -0.120. The van der Waals surface area contributed by atoms with Gasteiger partial charge < -0.3 is 14.6 Å². The van der Waals surface area contributed by atoms with Crippen LogP contribution in [0.4, 0.5) is 0 Å². The molecule has 0 spiro atoms. The molecule has 3 atom stereocenters. The first-order valence-corrected chi connectivity index (χ1v) is 5.07. The van der Waals surface area contributed by atoms with Gasteiger partial charge in [0.15, 0.2) is 5.79 Å². The van der Waals surface area contributed by atoms with E-state index < -0.39 is 0 Å². The van der Waals surface area contributed by atoms with E-state index in [1.807, 2.05) is 13.8 Å². The first kappa shape index (κ1) is 9.44. The summed E-state index contributed by atoms with van der Waals surface area (Å²) in [5, 5.41) is 8.81. The third-order valence-corrected chi connectivity index (χ3v) is 2.95. The zero-order valence-electron chi connectivity index (χ0n) is 8.32. The standard InChI is InChI=1S/C10H18O3/c1-10(2)12-8-5-7(3-4-11)6-9(8)13-10/h7-9,11H,3-6H2,1-2H3/t7?,8-,9+. The van der Waals surface area contributed by atoms with Crippen LogP contribution in [0, 0.1) is 5.92 Å². The normalized spacial score (nSPS) is 42.2. The van der Waals surface area contributed by atoms with E-state index in [0.717, 1.165) is 19.3 Å². The molecule has 13 heavy (non-hydrogen) atoms. The SMILES string of the molecule is CC1(C)O[C@H]2CC(CCO)C[C@H]2O1. The average molecular weight is 186 g/mol. The van der Waals surface area contributed by atoms with Crippen molar-refractivity contribution in [3.63, 3.8) is 0 Å². The molecule has 1 saturated heterocycles. The molecule has 0 aromatic carbocycles. The molecule has 0 aromatic rings. The topological polar surface area (TPSA) is 38.7 Å². The lowest BCUT2D eigenvalue weighted by Crippen LogP contribution is -2.23. The molecule has 1 N–H and O–H groups in total. The molecule has 2 fully saturated rings. The van der Waals surface area contributed by atoms with Crippen LogP contribution in [-0.2, 0) is 9.47 Å². The Balaban J connectivity index is 1.90. The molecule has 2 aliphatic rings. The number of aliphatic hydroxyl groups is 1. The van der Waals surface area contributed by atoms with Crippen LogP contribution >= 0.6 is 0 Å². The first-order valence-electron chi connectivity index (χ1n) is 5.07. The molecule has 0 amide bonds. The van der Waals surface area contributed by atoms with E-state index in [1.54, 1.807) is 0 Å². The van der Waals surface area contributed by atoms with E-state index in [9.17, 15) is 0 Å². The summed E-state index contributed by atoms with van der Waals surface area (Å²) in [6.45, 7) is 4.21. The Morgan fingerprint density at radius 3 is 2.23 bits per heavy atom. The summed E-state index contributed by atoms with van der Waals surface area (Å²) in [6.07, 6.45) is 3.53. The molecule has 3 nitrogen and oxygen atoms in total. The van der Waals surface area contributed by atoms with Crippen LogP contribution in [0.25, 0.3) is 0 Å². The number of fused-ring (bicyclic) bond motifs is 1. The molecule has 1 aliphatic heterocycles. The zero-order chi connectivity index (χ0) is 9.47. The molecule has 0 aromatic heterocycles. The van der Waals surface area contributed by atoms with Gasteiger partial charge in [0.25, 0.3) is 0 Å². The zero-order valence-corrected chi connectivity index (χ0v) is 8.32. The third-order valence-electron chi connectivity index (χ3n) is 2.95. The number of aliphatic hydroxyl groups excluding tert-OH is 1. The largest absolute Gasteiger partial charge is 0.396 e. The lowest BCUT2D eigenvalue weighted by molar-refractivity contribution is -0.154. The molecule has 1 saturated carbocycles. The Morgan fingerprint density at radius 2 is 1.77 bits per heavy atom. The Bertz CT molecular complexity index is 175.